The predicted octanol–water partition coefficient (Wildman–Crippen LogP) is 0.512. The summed E-state index contributed by atoms with van der Waals surface area (Å²) in [4.78, 5) is 2.37. The Kier molecular flexibility index (Phi) is 2.82. The van der Waals surface area contributed by atoms with Gasteiger partial charge in [-0.05, 0) is 13.3 Å². The molecule has 2 nitrogen and oxygen atoms in total. The van der Waals surface area contributed by atoms with Gasteiger partial charge in [0.25, 0.3) is 0 Å². The highest BCUT2D eigenvalue weighted by atomic mass is 32.2. The first-order valence-electron chi connectivity index (χ1n) is 3.30. The van der Waals surface area contributed by atoms with E-state index >= 15 is 0 Å². The Morgan fingerprint density at radius 2 is 1.67 bits per heavy atom. The maximum absolute atomic E-state index is 2.40. The van der Waals surface area contributed by atoms with Crippen molar-refractivity contribution in [1.29, 1.82) is 0 Å². The van der Waals surface area contributed by atoms with Gasteiger partial charge in [-0.3, -0.25) is 0 Å². The molecule has 0 bridgehead atoms. The molecule has 1 fully saturated rings. The van der Waals surface area contributed by atoms with Crippen LogP contribution in [0.2, 0.25) is 0 Å². The topological polar surface area (TPSA) is 6.48 Å². The highest BCUT2D eigenvalue weighted by Gasteiger charge is 2.11. The molecule has 1 aliphatic rings. The SMILES string of the molecule is CSN1CCN(C)CC1. The van der Waals surface area contributed by atoms with E-state index in [4.69, 9.17) is 0 Å². The standard InChI is InChI=1S/C6H14N2S/c1-7-3-5-8(9-2)6-4-7/h3-6H2,1-2H3. The normalized spacial score (nSPS) is 24.7. The summed E-state index contributed by atoms with van der Waals surface area (Å²) in [5.74, 6) is 0. The summed E-state index contributed by atoms with van der Waals surface area (Å²) in [6, 6.07) is 0. The summed E-state index contributed by atoms with van der Waals surface area (Å²) in [5.41, 5.74) is 0. The lowest BCUT2D eigenvalue weighted by Crippen LogP contribution is -2.40. The molecule has 1 saturated heterocycles. The predicted molar refractivity (Wildman–Crippen MR) is 42.6 cm³/mol. The molecule has 1 heterocycles. The average Bonchev–Trinajstić information content (AvgIpc) is 1.90. The largest absolute Gasteiger partial charge is 0.304 e. The Labute approximate surface area is 61.3 Å². The van der Waals surface area contributed by atoms with Crippen LogP contribution in [0.25, 0.3) is 0 Å². The molecule has 0 aromatic carbocycles. The molecule has 0 aromatic rings. The van der Waals surface area contributed by atoms with Gasteiger partial charge >= 0.3 is 0 Å². The van der Waals surface area contributed by atoms with E-state index < -0.39 is 0 Å². The van der Waals surface area contributed by atoms with Crippen molar-refractivity contribution < 1.29 is 0 Å². The number of rotatable bonds is 1. The third-order valence-electron chi connectivity index (χ3n) is 1.72. The second-order valence-electron chi connectivity index (χ2n) is 2.41. The van der Waals surface area contributed by atoms with Gasteiger partial charge in [-0.1, -0.05) is 11.9 Å². The zero-order chi connectivity index (χ0) is 6.69. The second-order valence-corrected chi connectivity index (χ2v) is 3.30. The lowest BCUT2D eigenvalue weighted by Gasteiger charge is -2.30. The van der Waals surface area contributed by atoms with Crippen LogP contribution in [0.15, 0.2) is 0 Å². The molecule has 1 rings (SSSR count). The first-order chi connectivity index (χ1) is 4.33. The van der Waals surface area contributed by atoms with E-state index in [1.54, 1.807) is 0 Å². The average molecular weight is 146 g/mol. The third-order valence-corrected chi connectivity index (χ3v) is 2.60. The van der Waals surface area contributed by atoms with Gasteiger partial charge in [0.1, 0.15) is 0 Å². The van der Waals surface area contributed by atoms with E-state index in [1.165, 1.54) is 26.2 Å². The molecule has 0 unspecified atom stereocenters. The Hall–Kier alpha value is 0.270. The molecule has 0 radical (unpaired) electrons. The Morgan fingerprint density at radius 3 is 2.11 bits per heavy atom. The molecule has 0 aromatic heterocycles. The summed E-state index contributed by atoms with van der Waals surface area (Å²) in [5, 5.41) is 0. The van der Waals surface area contributed by atoms with Gasteiger partial charge in [-0.15, -0.1) is 0 Å². The van der Waals surface area contributed by atoms with Gasteiger partial charge in [-0.2, -0.15) is 0 Å². The Balaban J connectivity index is 2.18. The van der Waals surface area contributed by atoms with Gasteiger partial charge in [0.15, 0.2) is 0 Å². The summed E-state index contributed by atoms with van der Waals surface area (Å²) in [7, 11) is 2.18. The van der Waals surface area contributed by atoms with Crippen molar-refractivity contribution >= 4 is 11.9 Å². The van der Waals surface area contributed by atoms with Gasteiger partial charge in [0.05, 0.1) is 0 Å². The first-order valence-corrected chi connectivity index (χ1v) is 4.48. The van der Waals surface area contributed by atoms with Crippen molar-refractivity contribution in [3.8, 4) is 0 Å². The molecule has 54 valence electrons. The molecular formula is C6H14N2S. The van der Waals surface area contributed by atoms with Gasteiger partial charge in [0.2, 0.25) is 0 Å². The summed E-state index contributed by atoms with van der Waals surface area (Å²) in [6.45, 7) is 4.89. The van der Waals surface area contributed by atoms with Crippen LogP contribution < -0.4 is 0 Å². The molecule has 0 atom stereocenters. The second kappa shape index (κ2) is 3.44. The Morgan fingerprint density at radius 1 is 1.11 bits per heavy atom. The van der Waals surface area contributed by atoms with Gasteiger partial charge in [0, 0.05) is 26.2 Å². The van der Waals surface area contributed by atoms with Crippen molar-refractivity contribution in [3.05, 3.63) is 0 Å². The summed E-state index contributed by atoms with van der Waals surface area (Å²) in [6.07, 6.45) is 2.14. The first kappa shape index (κ1) is 7.38. The minimum absolute atomic E-state index is 1.22. The molecule has 1 aliphatic heterocycles. The van der Waals surface area contributed by atoms with Crippen LogP contribution in [-0.2, 0) is 0 Å². The number of hydrogen-bond acceptors (Lipinski definition) is 3. The molecule has 3 heteroatoms. The van der Waals surface area contributed by atoms with Crippen LogP contribution in [0.1, 0.15) is 0 Å². The fourth-order valence-corrected chi connectivity index (χ4v) is 1.50. The van der Waals surface area contributed by atoms with Crippen molar-refractivity contribution in [1.82, 2.24) is 9.21 Å². The maximum Gasteiger partial charge on any atom is 0.0218 e. The van der Waals surface area contributed by atoms with Crippen molar-refractivity contribution in [3.63, 3.8) is 0 Å². The monoisotopic (exact) mass is 146 g/mol. The maximum atomic E-state index is 2.40. The van der Waals surface area contributed by atoms with E-state index in [9.17, 15) is 0 Å². The number of likely N-dealkylation sites (N-methyl/N-ethyl adjacent to an activating group) is 1. The molecular weight excluding hydrogens is 132 g/mol. The minimum Gasteiger partial charge on any atom is -0.304 e. The minimum atomic E-state index is 1.22. The number of nitrogens with zero attached hydrogens (tertiary/aromatic N) is 2. The molecule has 0 amide bonds. The van der Waals surface area contributed by atoms with E-state index in [2.05, 4.69) is 22.5 Å². The number of piperazine rings is 1. The van der Waals surface area contributed by atoms with Crippen LogP contribution in [0.3, 0.4) is 0 Å². The highest BCUT2D eigenvalue weighted by Crippen LogP contribution is 2.07. The summed E-state index contributed by atoms with van der Waals surface area (Å²) < 4.78 is 2.40. The molecule has 0 saturated carbocycles. The zero-order valence-electron chi connectivity index (χ0n) is 6.13. The lowest BCUT2D eigenvalue weighted by atomic mass is 10.4. The van der Waals surface area contributed by atoms with Gasteiger partial charge < -0.3 is 4.90 Å². The van der Waals surface area contributed by atoms with Crippen LogP contribution in [-0.4, -0.2) is 48.7 Å². The van der Waals surface area contributed by atoms with E-state index in [0.717, 1.165) is 0 Å². The smallest absolute Gasteiger partial charge is 0.0218 e. The highest BCUT2D eigenvalue weighted by molar-refractivity contribution is 7.96. The van der Waals surface area contributed by atoms with Crippen LogP contribution >= 0.6 is 11.9 Å². The van der Waals surface area contributed by atoms with Crippen molar-refractivity contribution in [2.45, 2.75) is 0 Å². The fourth-order valence-electron chi connectivity index (χ4n) is 0.971. The van der Waals surface area contributed by atoms with Gasteiger partial charge in [-0.25, -0.2) is 4.31 Å². The van der Waals surface area contributed by atoms with E-state index in [0.29, 0.717) is 0 Å². The van der Waals surface area contributed by atoms with Crippen LogP contribution in [0, 0.1) is 0 Å². The van der Waals surface area contributed by atoms with Crippen molar-refractivity contribution in [2.24, 2.45) is 0 Å². The van der Waals surface area contributed by atoms with Crippen molar-refractivity contribution in [2.75, 3.05) is 39.5 Å². The van der Waals surface area contributed by atoms with E-state index in [1.807, 2.05) is 11.9 Å². The zero-order valence-corrected chi connectivity index (χ0v) is 6.95. The molecule has 0 aliphatic carbocycles. The third kappa shape index (κ3) is 2.16. The van der Waals surface area contributed by atoms with Crippen LogP contribution in [0.5, 0.6) is 0 Å². The number of hydrogen-bond donors (Lipinski definition) is 0. The molecule has 0 N–H and O–H groups in total. The lowest BCUT2D eigenvalue weighted by molar-refractivity contribution is 0.234. The summed E-state index contributed by atoms with van der Waals surface area (Å²) >= 11 is 1.85. The molecule has 9 heavy (non-hydrogen) atoms. The van der Waals surface area contributed by atoms with Crippen LogP contribution in [0.4, 0.5) is 0 Å². The fraction of sp³-hybridized carbons (Fsp3) is 1.00. The van der Waals surface area contributed by atoms with E-state index in [-0.39, 0.29) is 0 Å². The Bertz CT molecular complexity index is 79.1. The molecule has 0 spiro atoms. The quantitative estimate of drug-likeness (QED) is 0.498.